The van der Waals surface area contributed by atoms with Crippen LogP contribution in [0.1, 0.15) is 38.2 Å². The SMILES string of the molecule is C#Cc1cc(N2C(=O)NCC23CCCC3)nc2nc(Nc3ccc(N(C)C(C)=O)cc3)ncc12. The highest BCUT2D eigenvalue weighted by Gasteiger charge is 2.48. The molecule has 3 amide bonds. The number of amides is 3. The summed E-state index contributed by atoms with van der Waals surface area (Å²) in [7, 11) is 1.72. The molecule has 9 heteroatoms. The van der Waals surface area contributed by atoms with Gasteiger partial charge in [-0.25, -0.2) is 14.8 Å². The van der Waals surface area contributed by atoms with Crippen molar-refractivity contribution < 1.29 is 9.59 Å². The second-order valence-corrected chi connectivity index (χ2v) is 8.78. The molecule has 1 saturated carbocycles. The number of fused-ring (bicyclic) bond motifs is 1. The minimum atomic E-state index is -0.257. The van der Waals surface area contributed by atoms with Crippen LogP contribution < -0.4 is 20.4 Å². The average Bonchev–Trinajstić information content (AvgIpc) is 3.44. The number of benzene rings is 1. The number of nitrogens with zero attached hydrogens (tertiary/aromatic N) is 5. The topological polar surface area (TPSA) is 103 Å². The maximum atomic E-state index is 12.8. The molecule has 1 aliphatic heterocycles. The molecule has 1 aliphatic carbocycles. The van der Waals surface area contributed by atoms with Crippen LogP contribution in [-0.4, -0.2) is 46.0 Å². The lowest BCUT2D eigenvalue weighted by Gasteiger charge is -2.32. The minimum absolute atomic E-state index is 0.0455. The van der Waals surface area contributed by atoms with Crippen molar-refractivity contribution in [2.45, 2.75) is 38.1 Å². The van der Waals surface area contributed by atoms with Gasteiger partial charge in [0.15, 0.2) is 5.65 Å². The maximum absolute atomic E-state index is 12.8. The van der Waals surface area contributed by atoms with Gasteiger partial charge in [-0.1, -0.05) is 18.8 Å². The van der Waals surface area contributed by atoms with Crippen molar-refractivity contribution >= 4 is 46.1 Å². The van der Waals surface area contributed by atoms with Crippen LogP contribution in [0.5, 0.6) is 0 Å². The first kappa shape index (κ1) is 21.6. The molecule has 2 N–H and O–H groups in total. The third kappa shape index (κ3) is 3.67. The predicted molar refractivity (Wildman–Crippen MR) is 131 cm³/mol. The second kappa shape index (κ2) is 8.30. The van der Waals surface area contributed by atoms with Crippen molar-refractivity contribution in [1.29, 1.82) is 0 Å². The van der Waals surface area contributed by atoms with Crippen molar-refractivity contribution in [1.82, 2.24) is 20.3 Å². The Morgan fingerprint density at radius 1 is 1.24 bits per heavy atom. The van der Waals surface area contributed by atoms with E-state index >= 15 is 0 Å². The third-order valence-corrected chi connectivity index (χ3v) is 6.70. The molecule has 1 spiro atoms. The van der Waals surface area contributed by atoms with Crippen LogP contribution in [0, 0.1) is 12.3 Å². The molecule has 1 aromatic carbocycles. The van der Waals surface area contributed by atoms with E-state index in [2.05, 4.69) is 26.5 Å². The fraction of sp³-hybridized carbons (Fsp3) is 0.320. The molecule has 3 aromatic rings. The van der Waals surface area contributed by atoms with Gasteiger partial charge >= 0.3 is 6.03 Å². The number of aromatic nitrogens is 3. The summed E-state index contributed by atoms with van der Waals surface area (Å²) < 4.78 is 0. The van der Waals surface area contributed by atoms with E-state index in [1.165, 1.54) is 6.92 Å². The molecule has 2 fully saturated rings. The Bertz CT molecular complexity index is 1320. The number of hydrogen-bond donors (Lipinski definition) is 2. The van der Waals surface area contributed by atoms with Crippen LogP contribution in [0.2, 0.25) is 0 Å². The molecule has 5 rings (SSSR count). The summed E-state index contributed by atoms with van der Waals surface area (Å²) in [5.41, 5.74) is 2.30. The quantitative estimate of drug-likeness (QED) is 0.583. The van der Waals surface area contributed by atoms with Crippen molar-refractivity contribution in [2.75, 3.05) is 28.7 Å². The number of pyridine rings is 1. The zero-order chi connectivity index (χ0) is 23.9. The summed E-state index contributed by atoms with van der Waals surface area (Å²) >= 11 is 0. The average molecular weight is 456 g/mol. The first-order valence-electron chi connectivity index (χ1n) is 11.2. The fourth-order valence-corrected chi connectivity index (χ4v) is 4.76. The van der Waals surface area contributed by atoms with Gasteiger partial charge in [-0.3, -0.25) is 9.69 Å². The molecule has 2 aliphatic rings. The molecular weight excluding hydrogens is 430 g/mol. The molecule has 3 heterocycles. The van der Waals surface area contributed by atoms with Crippen LogP contribution in [0.3, 0.4) is 0 Å². The van der Waals surface area contributed by atoms with Gasteiger partial charge in [0, 0.05) is 43.7 Å². The summed E-state index contributed by atoms with van der Waals surface area (Å²) in [6.45, 7) is 2.13. The first-order valence-corrected chi connectivity index (χ1v) is 11.2. The lowest BCUT2D eigenvalue weighted by molar-refractivity contribution is -0.116. The Balaban J connectivity index is 1.49. The zero-order valence-electron chi connectivity index (χ0n) is 19.1. The summed E-state index contributed by atoms with van der Waals surface area (Å²) in [5, 5.41) is 6.79. The number of urea groups is 1. The van der Waals surface area contributed by atoms with Crippen molar-refractivity contribution in [2.24, 2.45) is 0 Å². The van der Waals surface area contributed by atoms with Crippen LogP contribution in [0.4, 0.5) is 27.9 Å². The van der Waals surface area contributed by atoms with Crippen LogP contribution >= 0.6 is 0 Å². The monoisotopic (exact) mass is 455 g/mol. The Morgan fingerprint density at radius 3 is 2.65 bits per heavy atom. The number of anilines is 4. The molecule has 0 bridgehead atoms. The fourth-order valence-electron chi connectivity index (χ4n) is 4.76. The van der Waals surface area contributed by atoms with E-state index in [-0.39, 0.29) is 17.5 Å². The number of carbonyl (C=O) groups excluding carboxylic acids is 2. The van der Waals surface area contributed by atoms with E-state index in [1.807, 2.05) is 24.3 Å². The van der Waals surface area contributed by atoms with E-state index in [9.17, 15) is 9.59 Å². The van der Waals surface area contributed by atoms with Crippen LogP contribution in [0.25, 0.3) is 11.0 Å². The van der Waals surface area contributed by atoms with Crippen molar-refractivity contribution in [3.63, 3.8) is 0 Å². The third-order valence-electron chi connectivity index (χ3n) is 6.70. The number of rotatable bonds is 4. The second-order valence-electron chi connectivity index (χ2n) is 8.78. The molecule has 1 saturated heterocycles. The highest BCUT2D eigenvalue weighted by Crippen LogP contribution is 2.40. The molecule has 0 atom stereocenters. The molecule has 0 radical (unpaired) electrons. The Kier molecular flexibility index (Phi) is 5.28. The summed E-state index contributed by atoms with van der Waals surface area (Å²) in [6, 6.07) is 8.98. The van der Waals surface area contributed by atoms with E-state index in [4.69, 9.17) is 11.4 Å². The Morgan fingerprint density at radius 2 is 1.97 bits per heavy atom. The molecule has 34 heavy (non-hydrogen) atoms. The summed E-state index contributed by atoms with van der Waals surface area (Å²) in [4.78, 5) is 41.3. The summed E-state index contributed by atoms with van der Waals surface area (Å²) in [6.07, 6.45) is 11.5. The van der Waals surface area contributed by atoms with E-state index in [0.717, 1.165) is 37.1 Å². The number of hydrogen-bond acceptors (Lipinski definition) is 6. The standard InChI is InChI=1S/C25H25N7O2/c1-4-17-13-21(32-24(34)27-15-25(32)11-5-6-12-25)29-22-20(17)14-26-23(30-22)28-18-7-9-19(10-8-18)31(3)16(2)33/h1,7-10,13-14H,5-6,11-12,15H2,2-3H3,(H,27,34)(H,26,28,29,30). The molecule has 2 aromatic heterocycles. The zero-order valence-corrected chi connectivity index (χ0v) is 19.1. The number of terminal acetylenes is 1. The lowest BCUT2D eigenvalue weighted by atomic mass is 9.97. The molecule has 9 nitrogen and oxygen atoms in total. The van der Waals surface area contributed by atoms with E-state index in [0.29, 0.717) is 34.9 Å². The first-order chi connectivity index (χ1) is 16.4. The number of nitrogens with one attached hydrogen (secondary N) is 2. The van der Waals surface area contributed by atoms with Crippen molar-refractivity contribution in [3.8, 4) is 12.3 Å². The maximum Gasteiger partial charge on any atom is 0.323 e. The highest BCUT2D eigenvalue weighted by molar-refractivity contribution is 5.97. The largest absolute Gasteiger partial charge is 0.335 e. The van der Waals surface area contributed by atoms with Crippen LogP contribution in [-0.2, 0) is 4.79 Å². The van der Waals surface area contributed by atoms with Gasteiger partial charge in [-0.2, -0.15) is 4.98 Å². The highest BCUT2D eigenvalue weighted by atomic mass is 16.2. The van der Waals surface area contributed by atoms with Gasteiger partial charge < -0.3 is 15.5 Å². The van der Waals surface area contributed by atoms with Crippen molar-refractivity contribution in [3.05, 3.63) is 42.1 Å². The number of carbonyl (C=O) groups is 2. The molecule has 172 valence electrons. The van der Waals surface area contributed by atoms with Gasteiger partial charge in [-0.05, 0) is 43.2 Å². The van der Waals surface area contributed by atoms with Gasteiger partial charge in [-0.15, -0.1) is 6.42 Å². The predicted octanol–water partition coefficient (Wildman–Crippen LogP) is 3.57. The van der Waals surface area contributed by atoms with Gasteiger partial charge in [0.2, 0.25) is 11.9 Å². The van der Waals surface area contributed by atoms with Gasteiger partial charge in [0.1, 0.15) is 5.82 Å². The Labute approximate surface area is 197 Å². The molecule has 0 unspecified atom stereocenters. The summed E-state index contributed by atoms with van der Waals surface area (Å²) in [5.74, 6) is 3.51. The molecular formula is C25H25N7O2. The van der Waals surface area contributed by atoms with Crippen LogP contribution in [0.15, 0.2) is 36.5 Å². The normalized spacial score (nSPS) is 16.5. The van der Waals surface area contributed by atoms with E-state index in [1.54, 1.807) is 29.1 Å². The smallest absolute Gasteiger partial charge is 0.323 e. The minimum Gasteiger partial charge on any atom is -0.335 e. The Hall–Kier alpha value is -4.19. The van der Waals surface area contributed by atoms with E-state index < -0.39 is 0 Å². The van der Waals surface area contributed by atoms with Gasteiger partial charge in [0.05, 0.1) is 10.9 Å². The van der Waals surface area contributed by atoms with Gasteiger partial charge in [0.25, 0.3) is 0 Å². The lowest BCUT2D eigenvalue weighted by Crippen LogP contribution is -2.45.